The normalized spacial score (nSPS) is 12.3. The number of rotatable bonds is 6. The summed E-state index contributed by atoms with van der Waals surface area (Å²) in [4.78, 5) is 18.0. The first-order chi connectivity index (χ1) is 17.0. The Balaban J connectivity index is 1.56. The van der Waals surface area contributed by atoms with Gasteiger partial charge in [-0.05, 0) is 29.3 Å². The van der Waals surface area contributed by atoms with Crippen LogP contribution in [0.2, 0.25) is 0 Å². The number of nitrogens with zero attached hydrogens (tertiary/aromatic N) is 5. The Morgan fingerprint density at radius 1 is 1.06 bits per heavy atom. The van der Waals surface area contributed by atoms with Gasteiger partial charge in [0.1, 0.15) is 5.51 Å². The van der Waals surface area contributed by atoms with E-state index in [0.29, 0.717) is 10.7 Å². The van der Waals surface area contributed by atoms with E-state index in [-0.39, 0.29) is 11.8 Å². The third-order valence-corrected chi connectivity index (χ3v) is 6.80. The average molecular weight is 479 g/mol. The Hall–Kier alpha value is -4.35. The molecule has 7 nitrogen and oxygen atoms in total. The zero-order valence-corrected chi connectivity index (χ0v) is 20.0. The molecule has 0 saturated heterocycles. The fourth-order valence-electron chi connectivity index (χ4n) is 4.40. The van der Waals surface area contributed by atoms with E-state index in [1.54, 1.807) is 24.0 Å². The molecule has 2 aromatic carbocycles. The number of hydrogen-bond acceptors (Lipinski definition) is 6. The number of fused-ring (bicyclic) bond motifs is 1. The molecule has 0 bridgehead atoms. The van der Waals surface area contributed by atoms with Gasteiger partial charge in [-0.15, -0.1) is 10.2 Å². The second-order valence-corrected chi connectivity index (χ2v) is 9.63. The molecule has 0 aliphatic carbocycles. The number of anilines is 1. The molecular formula is C27H22N6OS. The quantitative estimate of drug-likeness (QED) is 0.347. The molecule has 0 saturated carbocycles. The van der Waals surface area contributed by atoms with Gasteiger partial charge in [-0.1, -0.05) is 73.7 Å². The lowest BCUT2D eigenvalue weighted by Crippen LogP contribution is -2.37. The predicted octanol–water partition coefficient (Wildman–Crippen LogP) is 5.52. The largest absolute Gasteiger partial charge is 0.305 e. The number of hydrogen-bond donors (Lipinski definition) is 1. The molecule has 5 aromatic rings. The average Bonchev–Trinajstić information content (AvgIpc) is 3.54. The van der Waals surface area contributed by atoms with Gasteiger partial charge in [0.05, 0.1) is 34.6 Å². The monoisotopic (exact) mass is 478 g/mol. The number of nitriles is 1. The smallest absolute Gasteiger partial charge is 0.232 e. The van der Waals surface area contributed by atoms with Gasteiger partial charge in [-0.3, -0.25) is 4.79 Å². The van der Waals surface area contributed by atoms with Crippen molar-refractivity contribution >= 4 is 27.9 Å². The van der Waals surface area contributed by atoms with Crippen molar-refractivity contribution in [2.24, 2.45) is 5.41 Å². The van der Waals surface area contributed by atoms with Gasteiger partial charge in [0, 0.05) is 17.7 Å². The molecule has 35 heavy (non-hydrogen) atoms. The summed E-state index contributed by atoms with van der Waals surface area (Å²) in [5.41, 5.74) is 6.16. The number of amides is 1. The topological polar surface area (TPSA) is 96.0 Å². The lowest BCUT2D eigenvalue weighted by molar-refractivity contribution is -0.124. The molecule has 1 amide bonds. The fraction of sp³-hybridized carbons (Fsp3) is 0.148. The Bertz CT molecular complexity index is 1520. The molecule has 0 aliphatic rings. The van der Waals surface area contributed by atoms with Crippen LogP contribution in [0.1, 0.15) is 36.5 Å². The van der Waals surface area contributed by atoms with Crippen molar-refractivity contribution in [3.63, 3.8) is 0 Å². The molecule has 1 unspecified atom stereocenters. The zero-order chi connectivity index (χ0) is 24.4. The molecule has 1 N–H and O–H groups in total. The highest BCUT2D eigenvalue weighted by atomic mass is 32.1. The molecule has 0 aliphatic heterocycles. The number of benzene rings is 2. The van der Waals surface area contributed by atoms with Gasteiger partial charge in [0.15, 0.2) is 0 Å². The summed E-state index contributed by atoms with van der Waals surface area (Å²) >= 11 is 1.29. The molecule has 8 heteroatoms. The van der Waals surface area contributed by atoms with Crippen molar-refractivity contribution in [2.45, 2.75) is 19.8 Å². The first-order valence-electron chi connectivity index (χ1n) is 11.1. The van der Waals surface area contributed by atoms with Gasteiger partial charge in [-0.25, -0.2) is 4.98 Å². The van der Waals surface area contributed by atoms with E-state index in [0.717, 1.165) is 27.9 Å². The maximum Gasteiger partial charge on any atom is 0.232 e. The van der Waals surface area contributed by atoms with Crippen LogP contribution >= 0.6 is 11.3 Å². The van der Waals surface area contributed by atoms with E-state index in [9.17, 15) is 4.79 Å². The van der Waals surface area contributed by atoms with Crippen molar-refractivity contribution in [1.29, 1.82) is 5.26 Å². The lowest BCUT2D eigenvalue weighted by Gasteiger charge is -2.33. The van der Waals surface area contributed by atoms with E-state index in [1.165, 1.54) is 11.3 Å². The molecule has 3 heterocycles. The van der Waals surface area contributed by atoms with Crippen LogP contribution < -0.4 is 5.32 Å². The van der Waals surface area contributed by atoms with E-state index in [1.807, 2.05) is 73.0 Å². The minimum Gasteiger partial charge on any atom is -0.305 e. The maximum atomic E-state index is 13.4. The van der Waals surface area contributed by atoms with Crippen molar-refractivity contribution in [2.75, 3.05) is 5.32 Å². The van der Waals surface area contributed by atoms with Crippen LogP contribution in [-0.4, -0.2) is 25.5 Å². The molecule has 0 fully saturated rings. The summed E-state index contributed by atoms with van der Waals surface area (Å²) in [7, 11) is 0. The number of imidazole rings is 1. The van der Waals surface area contributed by atoms with Crippen molar-refractivity contribution in [3.8, 4) is 17.3 Å². The summed E-state index contributed by atoms with van der Waals surface area (Å²) in [6.45, 7) is 3.89. The van der Waals surface area contributed by atoms with Crippen LogP contribution in [0.15, 0.2) is 84.8 Å². The first-order valence-corrected chi connectivity index (χ1v) is 11.9. The molecule has 5 rings (SSSR count). The fourth-order valence-corrected chi connectivity index (χ4v) is 4.84. The molecule has 0 radical (unpaired) electrons. The summed E-state index contributed by atoms with van der Waals surface area (Å²) in [5, 5.41) is 20.3. The summed E-state index contributed by atoms with van der Waals surface area (Å²) in [6.07, 6.45) is 3.82. The van der Waals surface area contributed by atoms with Gasteiger partial charge in [0.2, 0.25) is 11.0 Å². The van der Waals surface area contributed by atoms with Crippen LogP contribution in [0.25, 0.3) is 16.8 Å². The van der Waals surface area contributed by atoms with Crippen LogP contribution in [0.4, 0.5) is 5.13 Å². The summed E-state index contributed by atoms with van der Waals surface area (Å²) in [5.74, 6) is -0.353. The van der Waals surface area contributed by atoms with Crippen LogP contribution in [-0.2, 0) is 4.79 Å². The van der Waals surface area contributed by atoms with E-state index >= 15 is 0 Å². The highest BCUT2D eigenvalue weighted by molar-refractivity contribution is 7.13. The lowest BCUT2D eigenvalue weighted by atomic mass is 9.71. The predicted molar refractivity (Wildman–Crippen MR) is 136 cm³/mol. The number of carbonyl (C=O) groups excluding carboxylic acids is 1. The molecule has 172 valence electrons. The second-order valence-electron chi connectivity index (χ2n) is 8.80. The number of nitrogens with one attached hydrogen (secondary N) is 1. The molecule has 1 atom stereocenters. The Morgan fingerprint density at radius 2 is 1.83 bits per heavy atom. The van der Waals surface area contributed by atoms with E-state index in [2.05, 4.69) is 32.6 Å². The number of carbonyl (C=O) groups is 1. The Morgan fingerprint density at radius 3 is 2.51 bits per heavy atom. The van der Waals surface area contributed by atoms with Crippen molar-refractivity contribution in [1.82, 2.24) is 19.6 Å². The minimum absolute atomic E-state index is 0.132. The third-order valence-electron chi connectivity index (χ3n) is 6.19. The molecule has 0 spiro atoms. The highest BCUT2D eigenvalue weighted by Crippen LogP contribution is 2.42. The number of pyridine rings is 1. The van der Waals surface area contributed by atoms with E-state index in [4.69, 9.17) is 5.26 Å². The summed E-state index contributed by atoms with van der Waals surface area (Å²) in [6, 6.07) is 23.7. The first kappa shape index (κ1) is 22.4. The SMILES string of the molecule is CC(C)(C(=O)Nc1nncs1)C(c1ccccc1)c1ccc2c(-c3ccc(C#N)cc3)ncn2c1. The summed E-state index contributed by atoms with van der Waals surface area (Å²) < 4.78 is 1.98. The molecule has 3 aromatic heterocycles. The van der Waals surface area contributed by atoms with Crippen LogP contribution in [0.3, 0.4) is 0 Å². The van der Waals surface area contributed by atoms with Gasteiger partial charge < -0.3 is 9.72 Å². The van der Waals surface area contributed by atoms with Gasteiger partial charge >= 0.3 is 0 Å². The zero-order valence-electron chi connectivity index (χ0n) is 19.2. The van der Waals surface area contributed by atoms with Gasteiger partial charge in [0.25, 0.3) is 0 Å². The van der Waals surface area contributed by atoms with Crippen LogP contribution in [0.5, 0.6) is 0 Å². The maximum absolute atomic E-state index is 13.4. The third kappa shape index (κ3) is 4.29. The van der Waals surface area contributed by atoms with Crippen molar-refractivity contribution < 1.29 is 4.79 Å². The standard InChI is InChI=1S/C27H22N6OS/c1-27(2,25(34)31-26-32-30-17-35-26)23(19-6-4-3-5-7-19)21-12-13-22-24(29-16-33(22)15-21)20-10-8-18(14-28)9-11-20/h3-13,15-17,23H,1-2H3,(H,31,32,34). The number of aromatic nitrogens is 4. The van der Waals surface area contributed by atoms with Gasteiger partial charge in [-0.2, -0.15) is 5.26 Å². The second kappa shape index (κ2) is 9.12. The minimum atomic E-state index is -0.794. The molecular weight excluding hydrogens is 456 g/mol. The highest BCUT2D eigenvalue weighted by Gasteiger charge is 2.39. The van der Waals surface area contributed by atoms with Crippen molar-refractivity contribution in [3.05, 3.63) is 101 Å². The van der Waals surface area contributed by atoms with E-state index < -0.39 is 5.41 Å². The Kier molecular flexibility index (Phi) is 5.85. The Labute approximate surface area is 206 Å². The van der Waals surface area contributed by atoms with Crippen LogP contribution in [0, 0.1) is 16.7 Å².